The molecule has 11 heteroatoms. The minimum absolute atomic E-state index is 0.0638. The lowest BCUT2D eigenvalue weighted by Gasteiger charge is -2.27. The highest BCUT2D eigenvalue weighted by Gasteiger charge is 2.25. The fourth-order valence-corrected chi connectivity index (χ4v) is 4.58. The van der Waals surface area contributed by atoms with Crippen molar-refractivity contribution < 1.29 is 23.4 Å². The van der Waals surface area contributed by atoms with Gasteiger partial charge in [0, 0.05) is 50.2 Å². The maximum absolute atomic E-state index is 13.0. The van der Waals surface area contributed by atoms with Crippen LogP contribution in [0.1, 0.15) is 23.4 Å². The van der Waals surface area contributed by atoms with Crippen LogP contribution < -0.4 is 15.0 Å². The second-order valence-electron chi connectivity index (χ2n) is 9.01. The second kappa shape index (κ2) is 10.2. The van der Waals surface area contributed by atoms with Gasteiger partial charge in [0.15, 0.2) is 17.2 Å². The van der Waals surface area contributed by atoms with Crippen LogP contribution in [0.4, 0.5) is 5.82 Å². The summed E-state index contributed by atoms with van der Waals surface area (Å²) in [5, 5.41) is 7.76. The number of nitrogens with one attached hydrogen (secondary N) is 1. The molecule has 11 nitrogen and oxygen atoms in total. The van der Waals surface area contributed by atoms with E-state index in [0.717, 1.165) is 29.8 Å². The molecule has 2 saturated heterocycles. The van der Waals surface area contributed by atoms with Gasteiger partial charge in [-0.05, 0) is 31.0 Å². The molecule has 0 bridgehead atoms. The number of furan rings is 1. The number of hydrogen-bond donors (Lipinski definition) is 1. The highest BCUT2D eigenvalue weighted by molar-refractivity contribution is 5.97. The van der Waals surface area contributed by atoms with Crippen molar-refractivity contribution in [1.29, 1.82) is 0 Å². The zero-order valence-electron chi connectivity index (χ0n) is 20.6. The maximum Gasteiger partial charge on any atom is 0.287 e. The molecule has 1 aromatic carbocycles. The first-order valence-corrected chi connectivity index (χ1v) is 12.4. The van der Waals surface area contributed by atoms with Gasteiger partial charge in [0.25, 0.3) is 11.9 Å². The topological polar surface area (TPSA) is 117 Å². The highest BCUT2D eigenvalue weighted by Crippen LogP contribution is 2.29. The largest absolute Gasteiger partial charge is 0.497 e. The number of fused-ring (bicyclic) bond motifs is 1. The van der Waals surface area contributed by atoms with Gasteiger partial charge in [-0.3, -0.25) is 4.79 Å². The Morgan fingerprint density at radius 1 is 1.05 bits per heavy atom. The van der Waals surface area contributed by atoms with Crippen molar-refractivity contribution in [2.75, 3.05) is 51.5 Å². The Kier molecular flexibility index (Phi) is 6.46. The third kappa shape index (κ3) is 4.87. The van der Waals surface area contributed by atoms with E-state index in [9.17, 15) is 4.79 Å². The molecule has 0 spiro atoms. The number of benzene rings is 1. The molecular formula is C26H28N6O5. The normalized spacial score (nSPS) is 16.7. The average Bonchev–Trinajstić information content (AvgIpc) is 3.62. The van der Waals surface area contributed by atoms with Crippen LogP contribution in [-0.4, -0.2) is 78.3 Å². The van der Waals surface area contributed by atoms with Gasteiger partial charge in [-0.1, -0.05) is 12.1 Å². The zero-order chi connectivity index (χ0) is 25.2. The lowest BCUT2D eigenvalue weighted by Crippen LogP contribution is -2.38. The van der Waals surface area contributed by atoms with Crippen LogP contribution in [0.2, 0.25) is 0 Å². The summed E-state index contributed by atoms with van der Waals surface area (Å²) < 4.78 is 23.9. The van der Waals surface area contributed by atoms with Crippen molar-refractivity contribution in [3.05, 3.63) is 48.4 Å². The predicted octanol–water partition coefficient (Wildman–Crippen LogP) is 2.83. The standard InChI is InChI=1S/C26H28N6O5/c1-34-19-4-2-3-17(15-19)20-5-8-32(30-20)26-28-21-16-22(25(33)27-18-6-11-35-12-7-18)37-23(21)24(29-26)31-9-13-36-14-10-31/h2-5,8,15-16,18H,6-7,9-14H2,1H3,(H,27,33). The van der Waals surface area contributed by atoms with Crippen molar-refractivity contribution in [1.82, 2.24) is 25.1 Å². The van der Waals surface area contributed by atoms with Crippen LogP contribution in [0.3, 0.4) is 0 Å². The summed E-state index contributed by atoms with van der Waals surface area (Å²) in [6, 6.07) is 11.3. The lowest BCUT2D eigenvalue weighted by molar-refractivity contribution is 0.0684. The van der Waals surface area contributed by atoms with Crippen LogP contribution >= 0.6 is 0 Å². The monoisotopic (exact) mass is 504 g/mol. The summed E-state index contributed by atoms with van der Waals surface area (Å²) in [6.45, 7) is 3.76. The Bertz CT molecular complexity index is 1400. The second-order valence-corrected chi connectivity index (χ2v) is 9.01. The van der Waals surface area contributed by atoms with Gasteiger partial charge in [0.1, 0.15) is 11.3 Å². The van der Waals surface area contributed by atoms with Gasteiger partial charge >= 0.3 is 0 Å². The Morgan fingerprint density at radius 3 is 2.68 bits per heavy atom. The van der Waals surface area contributed by atoms with Crippen LogP contribution in [0.5, 0.6) is 5.75 Å². The van der Waals surface area contributed by atoms with E-state index in [2.05, 4.69) is 10.2 Å². The lowest BCUT2D eigenvalue weighted by atomic mass is 10.1. The average molecular weight is 505 g/mol. The van der Waals surface area contributed by atoms with Gasteiger partial charge < -0.3 is 28.8 Å². The molecule has 5 heterocycles. The highest BCUT2D eigenvalue weighted by atomic mass is 16.5. The van der Waals surface area contributed by atoms with E-state index >= 15 is 0 Å². The number of amides is 1. The minimum atomic E-state index is -0.265. The summed E-state index contributed by atoms with van der Waals surface area (Å²) >= 11 is 0. The number of carbonyl (C=O) groups is 1. The molecule has 0 atom stereocenters. The van der Waals surface area contributed by atoms with E-state index in [1.54, 1.807) is 17.9 Å². The minimum Gasteiger partial charge on any atom is -0.497 e. The number of morpholine rings is 1. The number of nitrogens with zero attached hydrogens (tertiary/aromatic N) is 5. The molecular weight excluding hydrogens is 476 g/mol. The van der Waals surface area contributed by atoms with E-state index in [1.807, 2.05) is 36.5 Å². The molecule has 6 rings (SSSR count). The number of hydrogen-bond acceptors (Lipinski definition) is 9. The molecule has 1 N–H and O–H groups in total. The van der Waals surface area contributed by atoms with Gasteiger partial charge in [-0.25, -0.2) is 9.67 Å². The van der Waals surface area contributed by atoms with Crippen LogP contribution in [0, 0.1) is 0 Å². The summed E-state index contributed by atoms with van der Waals surface area (Å²) in [5.41, 5.74) is 2.70. The van der Waals surface area contributed by atoms with Gasteiger partial charge in [0.2, 0.25) is 0 Å². The first kappa shape index (κ1) is 23.4. The number of carbonyl (C=O) groups excluding carboxylic acids is 1. The maximum atomic E-state index is 13.0. The molecule has 192 valence electrons. The molecule has 37 heavy (non-hydrogen) atoms. The Balaban J connectivity index is 1.36. The third-order valence-electron chi connectivity index (χ3n) is 6.59. The first-order valence-electron chi connectivity index (χ1n) is 12.4. The Labute approximate surface area is 213 Å². The molecule has 2 aliphatic rings. The summed E-state index contributed by atoms with van der Waals surface area (Å²) in [7, 11) is 1.64. The molecule has 2 fully saturated rings. The van der Waals surface area contributed by atoms with E-state index in [-0.39, 0.29) is 17.7 Å². The van der Waals surface area contributed by atoms with Crippen molar-refractivity contribution >= 4 is 22.8 Å². The summed E-state index contributed by atoms with van der Waals surface area (Å²) in [4.78, 5) is 24.6. The predicted molar refractivity (Wildman–Crippen MR) is 135 cm³/mol. The molecule has 0 radical (unpaired) electrons. The van der Waals surface area contributed by atoms with E-state index in [4.69, 9.17) is 33.7 Å². The fourth-order valence-electron chi connectivity index (χ4n) is 4.58. The van der Waals surface area contributed by atoms with Gasteiger partial charge in [0.05, 0.1) is 26.0 Å². The van der Waals surface area contributed by atoms with Crippen molar-refractivity contribution in [2.24, 2.45) is 0 Å². The molecule has 1 amide bonds. The van der Waals surface area contributed by atoms with Gasteiger partial charge in [-0.15, -0.1) is 0 Å². The van der Waals surface area contributed by atoms with E-state index in [1.165, 1.54) is 0 Å². The number of methoxy groups -OCH3 is 1. The van der Waals surface area contributed by atoms with Crippen LogP contribution in [0.15, 0.2) is 47.0 Å². The van der Waals surface area contributed by atoms with Gasteiger partial charge in [-0.2, -0.15) is 10.1 Å². The number of aromatic nitrogens is 4. The van der Waals surface area contributed by atoms with E-state index < -0.39 is 0 Å². The molecule has 0 aliphatic carbocycles. The summed E-state index contributed by atoms with van der Waals surface area (Å²) in [5.74, 6) is 1.70. The van der Waals surface area contributed by atoms with Crippen molar-refractivity contribution in [3.63, 3.8) is 0 Å². The Morgan fingerprint density at radius 2 is 1.86 bits per heavy atom. The van der Waals surface area contributed by atoms with Crippen LogP contribution in [-0.2, 0) is 9.47 Å². The van der Waals surface area contributed by atoms with Crippen molar-refractivity contribution in [3.8, 4) is 23.0 Å². The molecule has 3 aromatic heterocycles. The number of ether oxygens (including phenoxy) is 3. The number of rotatable bonds is 6. The summed E-state index contributed by atoms with van der Waals surface area (Å²) in [6.07, 6.45) is 3.38. The van der Waals surface area contributed by atoms with Crippen molar-refractivity contribution in [2.45, 2.75) is 18.9 Å². The molecule has 2 aliphatic heterocycles. The molecule has 0 unspecified atom stereocenters. The molecule has 4 aromatic rings. The van der Waals surface area contributed by atoms with E-state index in [0.29, 0.717) is 62.4 Å². The SMILES string of the molecule is COc1cccc(-c2ccn(-c3nc(N4CCOCC4)c4oc(C(=O)NC5CCOCC5)cc4n3)n2)c1. The fraction of sp³-hybridized carbons (Fsp3) is 0.385. The quantitative estimate of drug-likeness (QED) is 0.423. The molecule has 0 saturated carbocycles. The number of anilines is 1. The van der Waals surface area contributed by atoms with Crippen LogP contribution in [0.25, 0.3) is 28.3 Å². The Hall–Kier alpha value is -3.96. The first-order chi connectivity index (χ1) is 18.2. The third-order valence-corrected chi connectivity index (χ3v) is 6.59. The zero-order valence-corrected chi connectivity index (χ0v) is 20.6. The smallest absolute Gasteiger partial charge is 0.287 e.